The molecule has 2 unspecified atom stereocenters. The van der Waals surface area contributed by atoms with Crippen molar-refractivity contribution in [1.29, 1.82) is 0 Å². The van der Waals surface area contributed by atoms with E-state index in [9.17, 15) is 13.2 Å². The zero-order valence-electron chi connectivity index (χ0n) is 13.5. The van der Waals surface area contributed by atoms with Crippen LogP contribution in [0.3, 0.4) is 0 Å². The number of nitrogens with zero attached hydrogens (tertiary/aromatic N) is 1. The van der Waals surface area contributed by atoms with Gasteiger partial charge in [0.15, 0.2) is 0 Å². The molecule has 1 saturated carbocycles. The summed E-state index contributed by atoms with van der Waals surface area (Å²) < 4.78 is 31.3. The first-order valence-corrected chi connectivity index (χ1v) is 9.86. The molecule has 23 heavy (non-hydrogen) atoms. The molecule has 1 aromatic rings. The van der Waals surface area contributed by atoms with Gasteiger partial charge in [0.05, 0.1) is 18.6 Å². The van der Waals surface area contributed by atoms with Gasteiger partial charge in [0.25, 0.3) is 0 Å². The normalized spacial score (nSPS) is 27.4. The van der Waals surface area contributed by atoms with Crippen molar-refractivity contribution in [2.45, 2.75) is 39.2 Å². The van der Waals surface area contributed by atoms with Crippen LogP contribution in [0.4, 0.5) is 0 Å². The molecule has 1 saturated heterocycles. The molecule has 3 rings (SSSR count). The van der Waals surface area contributed by atoms with E-state index in [2.05, 4.69) is 5.32 Å². The van der Waals surface area contributed by atoms with Gasteiger partial charge in [-0.2, -0.15) is 0 Å². The minimum absolute atomic E-state index is 0.00852. The Bertz CT molecular complexity index is 656. The molecule has 0 radical (unpaired) electrons. The Morgan fingerprint density at radius 3 is 3.04 bits per heavy atom. The zero-order chi connectivity index (χ0) is 16.5. The van der Waals surface area contributed by atoms with Crippen LogP contribution in [-0.4, -0.2) is 37.5 Å². The standard InChI is InChI=1S/C16H24N2O4S/c1-2-3-9-23(20,21)18-7-6-16(12-18)10-14(16)15(19)17-11-13-5-4-8-22-13/h4-5,8,14H,2-3,6-7,9-12H2,1H3,(H,17,19). The Hall–Kier alpha value is -1.34. The van der Waals surface area contributed by atoms with Gasteiger partial charge in [-0.05, 0) is 36.8 Å². The number of carbonyl (C=O) groups is 1. The summed E-state index contributed by atoms with van der Waals surface area (Å²) in [6.07, 6.45) is 4.72. The molecule has 1 N–H and O–H groups in total. The number of carbonyl (C=O) groups excluding carboxylic acids is 1. The van der Waals surface area contributed by atoms with Gasteiger partial charge in [-0.25, -0.2) is 12.7 Å². The average Bonchev–Trinajstić information content (AvgIpc) is 2.90. The van der Waals surface area contributed by atoms with E-state index in [1.165, 1.54) is 0 Å². The third-order valence-electron chi connectivity index (χ3n) is 5.02. The van der Waals surface area contributed by atoms with Crippen molar-refractivity contribution in [2.75, 3.05) is 18.8 Å². The Kier molecular flexibility index (Phi) is 4.51. The number of unbranched alkanes of at least 4 members (excludes halogenated alkanes) is 1. The van der Waals surface area contributed by atoms with E-state index in [4.69, 9.17) is 4.42 Å². The molecule has 0 aromatic carbocycles. The molecule has 1 aliphatic heterocycles. The molecule has 1 amide bonds. The maximum atomic E-state index is 12.3. The minimum atomic E-state index is -3.16. The maximum absolute atomic E-state index is 12.3. The van der Waals surface area contributed by atoms with Gasteiger partial charge in [0, 0.05) is 19.0 Å². The summed E-state index contributed by atoms with van der Waals surface area (Å²) in [4.78, 5) is 12.3. The van der Waals surface area contributed by atoms with E-state index >= 15 is 0 Å². The van der Waals surface area contributed by atoms with Crippen LogP contribution in [0.2, 0.25) is 0 Å². The van der Waals surface area contributed by atoms with Crippen molar-refractivity contribution >= 4 is 15.9 Å². The molecule has 7 heteroatoms. The molecule has 2 heterocycles. The van der Waals surface area contributed by atoms with Crippen molar-refractivity contribution in [2.24, 2.45) is 11.3 Å². The summed E-state index contributed by atoms with van der Waals surface area (Å²) in [5.41, 5.74) is -0.132. The lowest BCUT2D eigenvalue weighted by atomic mass is 10.0. The van der Waals surface area contributed by atoms with Gasteiger partial charge < -0.3 is 9.73 Å². The summed E-state index contributed by atoms with van der Waals surface area (Å²) >= 11 is 0. The highest BCUT2D eigenvalue weighted by Gasteiger charge is 2.61. The van der Waals surface area contributed by atoms with Gasteiger partial charge >= 0.3 is 0 Å². The lowest BCUT2D eigenvalue weighted by Gasteiger charge is -2.16. The first-order valence-electron chi connectivity index (χ1n) is 8.25. The second-order valence-electron chi connectivity index (χ2n) is 6.67. The predicted molar refractivity (Wildman–Crippen MR) is 86.0 cm³/mol. The first kappa shape index (κ1) is 16.5. The van der Waals surface area contributed by atoms with Crippen LogP contribution in [0.5, 0.6) is 0 Å². The van der Waals surface area contributed by atoms with E-state index < -0.39 is 10.0 Å². The molecule has 2 fully saturated rings. The second kappa shape index (κ2) is 6.28. The van der Waals surface area contributed by atoms with E-state index in [1.807, 2.05) is 13.0 Å². The SMILES string of the molecule is CCCCS(=O)(=O)N1CCC2(CC2C(=O)NCc2ccco2)C1. The van der Waals surface area contributed by atoms with Crippen molar-refractivity contribution in [3.05, 3.63) is 24.2 Å². The highest BCUT2D eigenvalue weighted by Crippen LogP contribution is 2.58. The Morgan fingerprint density at radius 2 is 2.35 bits per heavy atom. The zero-order valence-corrected chi connectivity index (χ0v) is 14.3. The van der Waals surface area contributed by atoms with Crippen LogP contribution in [0, 0.1) is 11.3 Å². The van der Waals surface area contributed by atoms with Gasteiger partial charge in [-0.3, -0.25) is 4.79 Å². The topological polar surface area (TPSA) is 79.6 Å². The molecule has 1 aromatic heterocycles. The summed E-state index contributed by atoms with van der Waals surface area (Å²) in [6, 6.07) is 3.61. The largest absolute Gasteiger partial charge is 0.467 e. The quantitative estimate of drug-likeness (QED) is 0.820. The third-order valence-corrected chi connectivity index (χ3v) is 6.93. The van der Waals surface area contributed by atoms with Crippen LogP contribution in [0.1, 0.15) is 38.4 Å². The van der Waals surface area contributed by atoms with Gasteiger partial charge in [-0.15, -0.1) is 0 Å². The monoisotopic (exact) mass is 340 g/mol. The second-order valence-corrected chi connectivity index (χ2v) is 8.76. The Morgan fingerprint density at radius 1 is 1.52 bits per heavy atom. The number of hydrogen-bond acceptors (Lipinski definition) is 4. The highest BCUT2D eigenvalue weighted by molar-refractivity contribution is 7.89. The summed E-state index contributed by atoms with van der Waals surface area (Å²) in [5.74, 6) is 0.885. The van der Waals surface area contributed by atoms with E-state index in [-0.39, 0.29) is 23.0 Å². The van der Waals surface area contributed by atoms with E-state index in [1.54, 1.807) is 16.6 Å². The van der Waals surface area contributed by atoms with Gasteiger partial charge in [0.2, 0.25) is 15.9 Å². The Balaban J connectivity index is 1.52. The van der Waals surface area contributed by atoms with E-state index in [0.29, 0.717) is 26.1 Å². The highest BCUT2D eigenvalue weighted by atomic mass is 32.2. The summed E-state index contributed by atoms with van der Waals surface area (Å²) in [6.45, 7) is 3.42. The van der Waals surface area contributed by atoms with Crippen molar-refractivity contribution < 1.29 is 17.6 Å². The van der Waals surface area contributed by atoms with Crippen LogP contribution >= 0.6 is 0 Å². The number of nitrogens with one attached hydrogen (secondary N) is 1. The molecular formula is C16H24N2O4S. The third kappa shape index (κ3) is 3.45. The fraction of sp³-hybridized carbons (Fsp3) is 0.688. The van der Waals surface area contributed by atoms with Crippen molar-refractivity contribution in [3.8, 4) is 0 Å². The molecule has 2 atom stereocenters. The number of hydrogen-bond donors (Lipinski definition) is 1. The fourth-order valence-electron chi connectivity index (χ4n) is 3.43. The van der Waals surface area contributed by atoms with Crippen LogP contribution in [0.25, 0.3) is 0 Å². The summed E-state index contributed by atoms with van der Waals surface area (Å²) in [5, 5.41) is 2.89. The predicted octanol–water partition coefficient (Wildman–Crippen LogP) is 1.74. The number of amides is 1. The van der Waals surface area contributed by atoms with Crippen LogP contribution in [0.15, 0.2) is 22.8 Å². The number of rotatable bonds is 7. The fourth-order valence-corrected chi connectivity index (χ4v) is 5.16. The van der Waals surface area contributed by atoms with Crippen molar-refractivity contribution in [3.63, 3.8) is 0 Å². The molecule has 1 spiro atoms. The Labute approximate surface area is 137 Å². The molecule has 0 bridgehead atoms. The molecule has 128 valence electrons. The minimum Gasteiger partial charge on any atom is -0.467 e. The smallest absolute Gasteiger partial charge is 0.224 e. The first-order chi connectivity index (χ1) is 11.0. The van der Waals surface area contributed by atoms with Crippen LogP contribution < -0.4 is 5.32 Å². The van der Waals surface area contributed by atoms with E-state index in [0.717, 1.165) is 25.0 Å². The summed E-state index contributed by atoms with van der Waals surface area (Å²) in [7, 11) is -3.16. The van der Waals surface area contributed by atoms with Crippen molar-refractivity contribution in [1.82, 2.24) is 9.62 Å². The molecule has 2 aliphatic rings. The molecule has 6 nitrogen and oxygen atoms in total. The van der Waals surface area contributed by atoms with Gasteiger partial charge in [0.1, 0.15) is 5.76 Å². The lowest BCUT2D eigenvalue weighted by Crippen LogP contribution is -2.32. The molecular weight excluding hydrogens is 316 g/mol. The lowest BCUT2D eigenvalue weighted by molar-refractivity contribution is -0.123. The molecule has 1 aliphatic carbocycles. The van der Waals surface area contributed by atoms with Gasteiger partial charge in [-0.1, -0.05) is 13.3 Å². The maximum Gasteiger partial charge on any atom is 0.224 e. The van der Waals surface area contributed by atoms with Crippen LogP contribution in [-0.2, 0) is 21.4 Å². The number of sulfonamides is 1. The average molecular weight is 340 g/mol. The number of furan rings is 1.